The number of carbonyl (C=O) groups is 2. The van der Waals surface area contributed by atoms with Gasteiger partial charge in [-0.1, -0.05) is 92.7 Å². The summed E-state index contributed by atoms with van der Waals surface area (Å²) in [5.41, 5.74) is 6.57. The SMILES string of the molecule is C=CC(=O)NC(C)(C)C.CC(C)(C)N1CC1.CC(C)(C)OS(C)(=O)=O.CCCCOc1ccc(C2(c3ccc(OCCOCCOCC(=O)O)cc3)c3ccccc3-c3ccccc32)cc1. The fraction of sp³-hybridized carbons (Fsp3) is 0.472. The molecule has 2 aliphatic rings. The molecule has 1 amide bonds. The van der Waals surface area contributed by atoms with Crippen LogP contribution in [0.4, 0.5) is 0 Å². The van der Waals surface area contributed by atoms with Gasteiger partial charge in [0.2, 0.25) is 5.91 Å². The Hall–Kier alpha value is -5.05. The van der Waals surface area contributed by atoms with Crippen LogP contribution in [0, 0.1) is 0 Å². The Morgan fingerprint density at radius 1 is 0.712 bits per heavy atom. The van der Waals surface area contributed by atoms with Crippen molar-refractivity contribution >= 4 is 22.0 Å². The maximum atomic E-state index is 10.6. The number of aliphatic carboxylic acids is 1. The minimum absolute atomic E-state index is 0.123. The van der Waals surface area contributed by atoms with Crippen LogP contribution in [0.25, 0.3) is 11.1 Å². The zero-order valence-corrected chi connectivity index (χ0v) is 41.9. The van der Waals surface area contributed by atoms with Gasteiger partial charge in [-0.3, -0.25) is 13.9 Å². The molecule has 13 heteroatoms. The number of nitrogens with zero attached hydrogens (tertiary/aromatic N) is 1. The average molecular weight is 931 g/mol. The number of ether oxygens (including phenoxy) is 4. The molecule has 0 bridgehead atoms. The van der Waals surface area contributed by atoms with Crippen LogP contribution in [0.2, 0.25) is 0 Å². The Kier molecular flexibility index (Phi) is 21.1. The van der Waals surface area contributed by atoms with Crippen molar-refractivity contribution in [3.05, 3.63) is 132 Å². The molecule has 1 saturated heterocycles. The van der Waals surface area contributed by atoms with E-state index >= 15 is 0 Å². The van der Waals surface area contributed by atoms with E-state index in [1.807, 2.05) is 32.9 Å². The maximum Gasteiger partial charge on any atom is 0.329 e. The number of hydrogen-bond donors (Lipinski definition) is 2. The van der Waals surface area contributed by atoms with Crippen LogP contribution in [0.3, 0.4) is 0 Å². The topological polar surface area (TPSA) is 150 Å². The summed E-state index contributed by atoms with van der Waals surface area (Å²) in [5.74, 6) is 0.532. The van der Waals surface area contributed by atoms with Gasteiger partial charge in [-0.25, -0.2) is 4.79 Å². The first-order valence-electron chi connectivity index (χ1n) is 22.5. The van der Waals surface area contributed by atoms with E-state index in [0.717, 1.165) is 42.8 Å². The molecule has 4 aromatic carbocycles. The van der Waals surface area contributed by atoms with Crippen molar-refractivity contribution in [3.8, 4) is 22.6 Å². The molecule has 0 unspecified atom stereocenters. The fourth-order valence-electron chi connectivity index (χ4n) is 7.15. The first-order valence-corrected chi connectivity index (χ1v) is 24.4. The molecule has 1 heterocycles. The molecule has 12 nitrogen and oxygen atoms in total. The van der Waals surface area contributed by atoms with Crippen molar-refractivity contribution in [1.29, 1.82) is 0 Å². The number of rotatable bonds is 17. The third-order valence-electron chi connectivity index (χ3n) is 9.87. The number of amides is 1. The Bertz CT molecular complexity index is 2190. The third kappa shape index (κ3) is 18.7. The molecule has 1 aliphatic carbocycles. The highest BCUT2D eigenvalue weighted by Crippen LogP contribution is 2.56. The lowest BCUT2D eigenvalue weighted by Gasteiger charge is -2.34. The van der Waals surface area contributed by atoms with Crippen molar-refractivity contribution in [2.45, 2.75) is 104 Å². The van der Waals surface area contributed by atoms with Crippen molar-refractivity contribution < 1.29 is 46.2 Å². The molecule has 1 aliphatic heterocycles. The number of hydrogen-bond acceptors (Lipinski definition) is 10. The molecule has 0 saturated carbocycles. The number of nitrogens with one attached hydrogen (secondary N) is 1. The van der Waals surface area contributed by atoms with E-state index in [4.69, 9.17) is 24.1 Å². The third-order valence-corrected chi connectivity index (χ3v) is 10.7. The summed E-state index contributed by atoms with van der Waals surface area (Å²) < 4.78 is 47.8. The molecule has 0 atom stereocenters. The van der Waals surface area contributed by atoms with E-state index in [0.29, 0.717) is 25.4 Å². The number of carboxylic acids is 1. The normalized spacial score (nSPS) is 13.7. The van der Waals surface area contributed by atoms with Crippen LogP contribution in [0.5, 0.6) is 11.5 Å². The monoisotopic (exact) mass is 931 g/mol. The van der Waals surface area contributed by atoms with Crippen molar-refractivity contribution in [2.75, 3.05) is 59.0 Å². The first kappa shape index (κ1) is 55.3. The summed E-state index contributed by atoms with van der Waals surface area (Å²) in [6.07, 6.45) is 4.45. The van der Waals surface area contributed by atoms with Crippen molar-refractivity contribution in [3.63, 3.8) is 0 Å². The smallest absolute Gasteiger partial charge is 0.329 e. The first-order chi connectivity index (χ1) is 30.9. The second-order valence-electron chi connectivity index (χ2n) is 19.0. The van der Waals surface area contributed by atoms with Crippen LogP contribution in [-0.2, 0) is 38.8 Å². The van der Waals surface area contributed by atoms with Gasteiger partial charge < -0.3 is 29.4 Å². The van der Waals surface area contributed by atoms with Gasteiger partial charge in [-0.15, -0.1) is 0 Å². The highest BCUT2D eigenvalue weighted by atomic mass is 32.2. The van der Waals surface area contributed by atoms with Gasteiger partial charge in [-0.05, 0) is 132 Å². The van der Waals surface area contributed by atoms with E-state index in [9.17, 15) is 18.0 Å². The Labute approximate surface area is 394 Å². The summed E-state index contributed by atoms with van der Waals surface area (Å²) >= 11 is 0. The number of carbonyl (C=O) groups excluding carboxylic acids is 1. The van der Waals surface area contributed by atoms with E-state index in [1.54, 1.807) is 20.8 Å². The molecule has 0 aromatic heterocycles. The zero-order chi connectivity index (χ0) is 49.2. The molecule has 2 N–H and O–H groups in total. The number of carboxylic acid groups (broad SMARTS) is 1. The number of unbranched alkanes of at least 4 members (excludes halogenated alkanes) is 1. The van der Waals surface area contributed by atoms with Crippen LogP contribution >= 0.6 is 0 Å². The van der Waals surface area contributed by atoms with Crippen LogP contribution in [-0.4, -0.2) is 106 Å². The summed E-state index contributed by atoms with van der Waals surface area (Å²) in [5, 5.41) is 11.3. The molecule has 0 radical (unpaired) electrons. The standard InChI is InChI=1S/C35H36O6.C7H13NO.C6H13N.C5H12O3S/c1-2-3-20-40-28-16-12-26(13-17-28)35(32-10-6-4-8-30(32)31-9-5-7-11-33(31)35)27-14-18-29(19-15-27)41-24-23-38-21-22-39-25-34(36)37;1-5-6(9)8-7(2,3)4;1-6(2,3)7-4-5-7;1-5(2,3)8-9(4,6)7/h4-19H,2-3,20-25H2,1H3,(H,36,37);5H,1H2,2-4H3,(H,8,9);4-5H2,1-3H3;1-4H3. The molecular weight excluding hydrogens is 857 g/mol. The lowest BCUT2D eigenvalue weighted by atomic mass is 9.68. The average Bonchev–Trinajstić information content (AvgIpc) is 4.06. The van der Waals surface area contributed by atoms with E-state index < -0.39 is 27.1 Å². The molecule has 6 rings (SSSR count). The van der Waals surface area contributed by atoms with Gasteiger partial charge in [0.1, 0.15) is 24.7 Å². The predicted molar refractivity (Wildman–Crippen MR) is 264 cm³/mol. The summed E-state index contributed by atoms with van der Waals surface area (Å²) in [6, 6.07) is 34.2. The van der Waals surface area contributed by atoms with E-state index in [1.165, 1.54) is 47.0 Å². The lowest BCUT2D eigenvalue weighted by molar-refractivity contribution is -0.142. The highest BCUT2D eigenvalue weighted by molar-refractivity contribution is 7.86. The van der Waals surface area contributed by atoms with Crippen molar-refractivity contribution in [2.24, 2.45) is 0 Å². The van der Waals surface area contributed by atoms with Gasteiger partial charge in [0.15, 0.2) is 0 Å². The van der Waals surface area contributed by atoms with E-state index in [2.05, 4.69) is 134 Å². The Balaban J connectivity index is 0.000000374. The second-order valence-corrected chi connectivity index (χ2v) is 20.6. The quantitative estimate of drug-likeness (QED) is 0.0397. The fourth-order valence-corrected chi connectivity index (χ4v) is 8.06. The van der Waals surface area contributed by atoms with Gasteiger partial charge in [-0.2, -0.15) is 8.42 Å². The lowest BCUT2D eigenvalue weighted by Crippen LogP contribution is -2.39. The molecule has 0 spiro atoms. The number of benzene rings is 4. The number of fused-ring (bicyclic) bond motifs is 3. The second kappa shape index (κ2) is 25.2. The highest BCUT2D eigenvalue weighted by Gasteiger charge is 2.45. The summed E-state index contributed by atoms with van der Waals surface area (Å²) in [6.45, 7) is 27.4. The Morgan fingerprint density at radius 3 is 1.52 bits per heavy atom. The molecular formula is C53H74N2O10S. The van der Waals surface area contributed by atoms with Gasteiger partial charge >= 0.3 is 5.97 Å². The summed E-state index contributed by atoms with van der Waals surface area (Å²) in [4.78, 5) is 23.5. The maximum absolute atomic E-state index is 10.6. The molecule has 4 aromatic rings. The Morgan fingerprint density at radius 2 is 1.17 bits per heavy atom. The van der Waals surface area contributed by atoms with Crippen LogP contribution in [0.1, 0.15) is 104 Å². The van der Waals surface area contributed by atoms with Crippen LogP contribution in [0.15, 0.2) is 110 Å². The van der Waals surface area contributed by atoms with Gasteiger partial charge in [0, 0.05) is 24.2 Å². The van der Waals surface area contributed by atoms with Crippen LogP contribution < -0.4 is 14.8 Å². The molecule has 362 valence electrons. The predicted octanol–water partition coefficient (Wildman–Crippen LogP) is 9.67. The van der Waals surface area contributed by atoms with Gasteiger partial charge in [0.05, 0.1) is 43.7 Å². The van der Waals surface area contributed by atoms with Gasteiger partial charge in [0.25, 0.3) is 10.1 Å². The summed E-state index contributed by atoms with van der Waals surface area (Å²) in [7, 11) is -3.28. The minimum Gasteiger partial charge on any atom is -0.494 e. The van der Waals surface area contributed by atoms with E-state index in [-0.39, 0.29) is 24.7 Å². The zero-order valence-electron chi connectivity index (χ0n) is 41.1. The van der Waals surface area contributed by atoms with Crippen molar-refractivity contribution in [1.82, 2.24) is 10.2 Å². The molecule has 1 fully saturated rings. The largest absolute Gasteiger partial charge is 0.494 e. The molecule has 66 heavy (non-hydrogen) atoms. The minimum atomic E-state index is -3.28.